The Kier molecular flexibility index (Phi) is 5.83. The number of Topliss-reactive ketones (excluding diaryl/α,β-unsaturated/α-hetero) is 1. The average molecular weight is 350 g/mol. The van der Waals surface area contributed by atoms with Gasteiger partial charge < -0.3 is 14.9 Å². The summed E-state index contributed by atoms with van der Waals surface area (Å²) in [4.78, 5) is 29.9. The summed E-state index contributed by atoms with van der Waals surface area (Å²) in [6.45, 7) is 7.03. The molecule has 1 amide bonds. The van der Waals surface area contributed by atoms with E-state index in [4.69, 9.17) is 0 Å². The molecule has 0 aromatic carbocycles. The van der Waals surface area contributed by atoms with E-state index in [1.165, 1.54) is 11.3 Å². The van der Waals surface area contributed by atoms with E-state index in [-0.39, 0.29) is 23.0 Å². The van der Waals surface area contributed by atoms with Gasteiger partial charge in [-0.05, 0) is 43.9 Å². The number of likely N-dealkylation sites (N-methyl/N-ethyl adjacent to an activating group) is 1. The van der Waals surface area contributed by atoms with Crippen molar-refractivity contribution in [1.29, 1.82) is 0 Å². The minimum absolute atomic E-state index is 0.138. The summed E-state index contributed by atoms with van der Waals surface area (Å²) in [6, 6.07) is 1.51. The Hall–Kier alpha value is -1.66. The number of thiophene rings is 1. The molecule has 132 valence electrons. The summed E-state index contributed by atoms with van der Waals surface area (Å²) < 4.78 is 0. The third-order valence-corrected chi connectivity index (χ3v) is 5.21. The molecule has 0 fully saturated rings. The number of aliphatic hydroxyl groups is 1. The third-order valence-electron chi connectivity index (χ3n) is 4.14. The van der Waals surface area contributed by atoms with Gasteiger partial charge in [-0.15, -0.1) is 11.3 Å². The molecule has 0 bridgehead atoms. The summed E-state index contributed by atoms with van der Waals surface area (Å²) in [5, 5.41) is 12.4. The summed E-state index contributed by atoms with van der Waals surface area (Å²) in [7, 11) is 3.87. The van der Waals surface area contributed by atoms with E-state index in [0.29, 0.717) is 19.5 Å². The lowest BCUT2D eigenvalue weighted by atomic mass is 9.94. The maximum absolute atomic E-state index is 12.7. The molecular formula is C18H26N2O3S. The standard InChI is InChI=1S/C18H26N2O3S/c1-11(2)10-13(21)14-15(17-12(3)6-9-24-17)20(8-7-19(4)5)18(23)16(14)22/h6,9,11,15,22H,7-8,10H2,1-5H3. The molecule has 0 saturated carbocycles. The van der Waals surface area contributed by atoms with Crippen LogP contribution in [0.2, 0.25) is 0 Å². The Morgan fingerprint density at radius 1 is 1.42 bits per heavy atom. The van der Waals surface area contributed by atoms with E-state index in [1.54, 1.807) is 4.90 Å². The van der Waals surface area contributed by atoms with Gasteiger partial charge >= 0.3 is 0 Å². The highest BCUT2D eigenvalue weighted by atomic mass is 32.1. The molecule has 1 aliphatic rings. The molecule has 6 heteroatoms. The van der Waals surface area contributed by atoms with Crippen LogP contribution in [0.4, 0.5) is 0 Å². The molecule has 5 nitrogen and oxygen atoms in total. The maximum atomic E-state index is 12.7. The molecule has 24 heavy (non-hydrogen) atoms. The molecule has 0 saturated heterocycles. The molecule has 0 aliphatic carbocycles. The summed E-state index contributed by atoms with van der Waals surface area (Å²) in [6.07, 6.45) is 0.328. The van der Waals surface area contributed by atoms with Crippen LogP contribution in [0.25, 0.3) is 0 Å². The van der Waals surface area contributed by atoms with Crippen LogP contribution < -0.4 is 0 Å². The number of rotatable bonds is 7. The van der Waals surface area contributed by atoms with Crippen molar-refractivity contribution in [2.24, 2.45) is 5.92 Å². The molecule has 1 N–H and O–H groups in total. The molecule has 1 unspecified atom stereocenters. The fraction of sp³-hybridized carbons (Fsp3) is 0.556. The Balaban J connectivity index is 2.43. The molecular weight excluding hydrogens is 324 g/mol. The second kappa shape index (κ2) is 7.49. The number of hydrogen-bond acceptors (Lipinski definition) is 5. The zero-order valence-corrected chi connectivity index (χ0v) is 15.8. The number of carbonyl (C=O) groups is 2. The Morgan fingerprint density at radius 2 is 2.08 bits per heavy atom. The Bertz CT molecular complexity index is 661. The largest absolute Gasteiger partial charge is 0.503 e. The summed E-state index contributed by atoms with van der Waals surface area (Å²) in [5.41, 5.74) is 1.30. The number of nitrogens with zero attached hydrogens (tertiary/aromatic N) is 2. The molecule has 0 radical (unpaired) electrons. The lowest BCUT2D eigenvalue weighted by Crippen LogP contribution is -2.36. The fourth-order valence-corrected chi connectivity index (χ4v) is 3.94. The maximum Gasteiger partial charge on any atom is 0.290 e. The topological polar surface area (TPSA) is 60.9 Å². The van der Waals surface area contributed by atoms with Crippen LogP contribution in [0.15, 0.2) is 22.8 Å². The molecule has 1 aliphatic heterocycles. The number of carbonyl (C=O) groups excluding carboxylic acids is 2. The molecule has 2 rings (SSSR count). The predicted octanol–water partition coefficient (Wildman–Crippen LogP) is 2.93. The highest BCUT2D eigenvalue weighted by Crippen LogP contribution is 2.41. The average Bonchev–Trinajstić information content (AvgIpc) is 2.99. The van der Waals surface area contributed by atoms with Crippen molar-refractivity contribution < 1.29 is 14.7 Å². The van der Waals surface area contributed by atoms with E-state index < -0.39 is 11.9 Å². The van der Waals surface area contributed by atoms with Crippen molar-refractivity contribution in [3.63, 3.8) is 0 Å². The number of ketones is 1. The number of aryl methyl sites for hydroxylation is 1. The first-order chi connectivity index (χ1) is 11.2. The van der Waals surface area contributed by atoms with E-state index >= 15 is 0 Å². The van der Waals surface area contributed by atoms with Gasteiger partial charge in [-0.3, -0.25) is 9.59 Å². The number of aliphatic hydroxyl groups excluding tert-OH is 1. The first kappa shape index (κ1) is 18.7. The molecule has 2 heterocycles. The highest BCUT2D eigenvalue weighted by Gasteiger charge is 2.44. The quantitative estimate of drug-likeness (QED) is 0.821. The van der Waals surface area contributed by atoms with Gasteiger partial charge in [0.1, 0.15) is 0 Å². The minimum Gasteiger partial charge on any atom is -0.503 e. The van der Waals surface area contributed by atoms with Crippen molar-refractivity contribution in [3.05, 3.63) is 33.2 Å². The van der Waals surface area contributed by atoms with Crippen molar-refractivity contribution >= 4 is 23.0 Å². The van der Waals surface area contributed by atoms with Gasteiger partial charge in [-0.1, -0.05) is 13.8 Å². The zero-order chi connectivity index (χ0) is 18.0. The van der Waals surface area contributed by atoms with Crippen LogP contribution in [-0.2, 0) is 9.59 Å². The van der Waals surface area contributed by atoms with Crippen LogP contribution in [0.5, 0.6) is 0 Å². The van der Waals surface area contributed by atoms with Crippen molar-refractivity contribution in [1.82, 2.24) is 9.80 Å². The van der Waals surface area contributed by atoms with Gasteiger partial charge in [-0.2, -0.15) is 0 Å². The smallest absolute Gasteiger partial charge is 0.290 e. The minimum atomic E-state index is -0.469. The molecule has 0 spiro atoms. The molecule has 1 aromatic heterocycles. The summed E-state index contributed by atoms with van der Waals surface area (Å²) >= 11 is 1.52. The van der Waals surface area contributed by atoms with Gasteiger partial charge in [0.05, 0.1) is 11.6 Å². The van der Waals surface area contributed by atoms with Gasteiger partial charge in [0.25, 0.3) is 5.91 Å². The van der Waals surface area contributed by atoms with E-state index in [1.807, 2.05) is 51.2 Å². The third kappa shape index (κ3) is 3.70. The van der Waals surface area contributed by atoms with Gasteiger partial charge in [0.15, 0.2) is 11.5 Å². The van der Waals surface area contributed by atoms with Crippen LogP contribution in [0.1, 0.15) is 36.8 Å². The monoisotopic (exact) mass is 350 g/mol. The lowest BCUT2D eigenvalue weighted by molar-refractivity contribution is -0.129. The highest BCUT2D eigenvalue weighted by molar-refractivity contribution is 7.10. The fourth-order valence-electron chi connectivity index (χ4n) is 2.89. The van der Waals surface area contributed by atoms with Crippen LogP contribution >= 0.6 is 11.3 Å². The van der Waals surface area contributed by atoms with E-state index in [2.05, 4.69) is 0 Å². The van der Waals surface area contributed by atoms with Crippen LogP contribution in [0, 0.1) is 12.8 Å². The Morgan fingerprint density at radius 3 is 2.58 bits per heavy atom. The first-order valence-electron chi connectivity index (χ1n) is 8.20. The first-order valence-corrected chi connectivity index (χ1v) is 9.08. The summed E-state index contributed by atoms with van der Waals surface area (Å²) in [5.74, 6) is -0.784. The van der Waals surface area contributed by atoms with E-state index in [9.17, 15) is 14.7 Å². The SMILES string of the molecule is Cc1ccsc1C1C(C(=O)CC(C)C)=C(O)C(=O)N1CCN(C)C. The molecule has 1 aromatic rings. The van der Waals surface area contributed by atoms with Gasteiger partial charge in [-0.25, -0.2) is 0 Å². The van der Waals surface area contributed by atoms with Crippen LogP contribution in [0.3, 0.4) is 0 Å². The van der Waals surface area contributed by atoms with Gasteiger partial charge in [0, 0.05) is 24.4 Å². The van der Waals surface area contributed by atoms with Crippen molar-refractivity contribution in [3.8, 4) is 0 Å². The van der Waals surface area contributed by atoms with Crippen LogP contribution in [-0.4, -0.2) is 53.8 Å². The number of amides is 1. The normalized spacial score (nSPS) is 18.4. The second-order valence-corrected chi connectivity index (χ2v) is 7.90. The molecule has 1 atom stereocenters. The van der Waals surface area contributed by atoms with Crippen molar-refractivity contribution in [2.45, 2.75) is 33.2 Å². The number of hydrogen-bond donors (Lipinski definition) is 1. The van der Waals surface area contributed by atoms with E-state index in [0.717, 1.165) is 10.4 Å². The lowest BCUT2D eigenvalue weighted by Gasteiger charge is -2.27. The Labute approximate surface area is 147 Å². The zero-order valence-electron chi connectivity index (χ0n) is 15.0. The van der Waals surface area contributed by atoms with Gasteiger partial charge in [0.2, 0.25) is 0 Å². The predicted molar refractivity (Wildman–Crippen MR) is 96.2 cm³/mol. The van der Waals surface area contributed by atoms with Crippen molar-refractivity contribution in [2.75, 3.05) is 27.2 Å². The second-order valence-electron chi connectivity index (χ2n) is 6.96.